The summed E-state index contributed by atoms with van der Waals surface area (Å²) in [7, 11) is 0. The monoisotopic (exact) mass is 545 g/mol. The molecule has 2 aliphatic rings. The number of carboxylic acid groups (broad SMARTS) is 1. The molecule has 0 radical (unpaired) electrons. The average Bonchev–Trinajstić information content (AvgIpc) is 3.45. The molecule has 1 aromatic heterocycles. The van der Waals surface area contributed by atoms with Crippen LogP contribution >= 0.6 is 11.8 Å². The predicted molar refractivity (Wildman–Crippen MR) is 149 cm³/mol. The summed E-state index contributed by atoms with van der Waals surface area (Å²) in [5, 5.41) is 19.1. The summed E-state index contributed by atoms with van der Waals surface area (Å²) in [6.45, 7) is 3.97. The van der Waals surface area contributed by atoms with Crippen molar-refractivity contribution in [3.05, 3.63) is 84.3 Å². The number of amides is 2. The van der Waals surface area contributed by atoms with Gasteiger partial charge >= 0.3 is 5.97 Å². The maximum absolute atomic E-state index is 13.5. The molecule has 2 aromatic carbocycles. The maximum Gasteiger partial charge on any atom is 0.311 e. The van der Waals surface area contributed by atoms with E-state index < -0.39 is 29.9 Å². The van der Waals surface area contributed by atoms with Crippen molar-refractivity contribution in [1.82, 2.24) is 10.6 Å². The SMILES string of the molecule is CC(C)C[C@H](NC(=O)c1ccc2c(c1)Nc1ccccc1S2)C(=O)N[C@H]1CC=CC(C(=O)O)C1c1ccco1. The molecule has 2 heterocycles. The van der Waals surface area contributed by atoms with E-state index in [0.29, 0.717) is 24.2 Å². The Hall–Kier alpha value is -3.98. The van der Waals surface area contributed by atoms with Crippen LogP contribution in [-0.2, 0) is 9.59 Å². The Bertz CT molecular complexity index is 1400. The van der Waals surface area contributed by atoms with E-state index in [4.69, 9.17) is 4.42 Å². The Morgan fingerprint density at radius 3 is 2.62 bits per heavy atom. The van der Waals surface area contributed by atoms with Gasteiger partial charge in [0.1, 0.15) is 11.8 Å². The Labute approximate surface area is 231 Å². The number of carbonyl (C=O) groups is 3. The largest absolute Gasteiger partial charge is 0.481 e. The molecule has 0 fully saturated rings. The van der Waals surface area contributed by atoms with Gasteiger partial charge in [-0.25, -0.2) is 0 Å². The number of anilines is 2. The number of rotatable bonds is 8. The number of hydrogen-bond acceptors (Lipinski definition) is 6. The van der Waals surface area contributed by atoms with E-state index in [1.165, 1.54) is 6.26 Å². The van der Waals surface area contributed by atoms with Crippen LogP contribution in [0.4, 0.5) is 11.4 Å². The molecule has 5 rings (SSSR count). The van der Waals surface area contributed by atoms with Crippen molar-refractivity contribution in [1.29, 1.82) is 0 Å². The summed E-state index contributed by atoms with van der Waals surface area (Å²) >= 11 is 1.64. The maximum atomic E-state index is 13.5. The fraction of sp³-hybridized carbons (Fsp3) is 0.300. The highest BCUT2D eigenvalue weighted by molar-refractivity contribution is 7.99. The van der Waals surface area contributed by atoms with Crippen molar-refractivity contribution in [2.45, 2.75) is 54.5 Å². The molecule has 0 spiro atoms. The van der Waals surface area contributed by atoms with E-state index in [-0.39, 0.29) is 17.7 Å². The van der Waals surface area contributed by atoms with E-state index in [1.807, 2.05) is 44.2 Å². The average molecular weight is 546 g/mol. The molecular weight excluding hydrogens is 514 g/mol. The van der Waals surface area contributed by atoms with Crippen molar-refractivity contribution in [2.75, 3.05) is 5.32 Å². The lowest BCUT2D eigenvalue weighted by Gasteiger charge is -2.33. The molecule has 0 saturated carbocycles. The van der Waals surface area contributed by atoms with E-state index in [2.05, 4.69) is 16.0 Å². The van der Waals surface area contributed by atoms with E-state index >= 15 is 0 Å². The zero-order valence-corrected chi connectivity index (χ0v) is 22.5. The number of nitrogens with one attached hydrogen (secondary N) is 3. The predicted octanol–water partition coefficient (Wildman–Crippen LogP) is 5.56. The summed E-state index contributed by atoms with van der Waals surface area (Å²) in [6, 6.07) is 15.6. The number of hydrogen-bond donors (Lipinski definition) is 4. The number of carbonyl (C=O) groups excluding carboxylic acids is 2. The van der Waals surface area contributed by atoms with Crippen LogP contribution in [0.15, 0.2) is 87.2 Å². The first kappa shape index (κ1) is 26.6. The minimum absolute atomic E-state index is 0.137. The summed E-state index contributed by atoms with van der Waals surface area (Å²) in [5.74, 6) is -2.44. The molecule has 202 valence electrons. The van der Waals surface area contributed by atoms with Crippen molar-refractivity contribution in [3.8, 4) is 0 Å². The number of carboxylic acids is 1. The molecule has 1 aliphatic heterocycles. The Morgan fingerprint density at radius 1 is 1.08 bits per heavy atom. The summed E-state index contributed by atoms with van der Waals surface area (Å²) < 4.78 is 5.55. The Balaban J connectivity index is 1.32. The van der Waals surface area contributed by atoms with Gasteiger partial charge in [-0.3, -0.25) is 14.4 Å². The standard InChI is InChI=1S/C30H31N3O5S/c1-17(2)15-23(29(35)32-21-9-5-7-19(30(36)37)27(21)24-10-6-14-38-24)33-28(34)18-12-13-26-22(16-18)31-20-8-3-4-11-25(20)39-26/h3-8,10-14,16-17,19,21,23,27,31H,9,15H2,1-2H3,(H,32,35)(H,33,34)(H,36,37)/t19?,21-,23-,27?/m0/s1. The van der Waals surface area contributed by atoms with Gasteiger partial charge in [-0.05, 0) is 61.2 Å². The van der Waals surface area contributed by atoms with Gasteiger partial charge in [-0.1, -0.05) is 49.9 Å². The lowest BCUT2D eigenvalue weighted by atomic mass is 9.78. The van der Waals surface area contributed by atoms with Gasteiger partial charge in [0, 0.05) is 21.4 Å². The number of aliphatic carboxylic acids is 1. The highest BCUT2D eigenvalue weighted by Gasteiger charge is 2.39. The number of benzene rings is 2. The minimum atomic E-state index is -0.986. The summed E-state index contributed by atoms with van der Waals surface area (Å²) in [5.41, 5.74) is 2.27. The fourth-order valence-electron chi connectivity index (χ4n) is 5.14. The smallest absolute Gasteiger partial charge is 0.311 e. The molecule has 3 aromatic rings. The van der Waals surface area contributed by atoms with Gasteiger partial charge in [0.15, 0.2) is 0 Å². The molecule has 4 N–H and O–H groups in total. The molecule has 1 aliphatic carbocycles. The van der Waals surface area contributed by atoms with Crippen LogP contribution in [-0.4, -0.2) is 35.0 Å². The fourth-order valence-corrected chi connectivity index (χ4v) is 6.11. The van der Waals surface area contributed by atoms with Crippen LogP contribution in [0.1, 0.15) is 48.7 Å². The van der Waals surface area contributed by atoms with Crippen LogP contribution in [0.2, 0.25) is 0 Å². The highest BCUT2D eigenvalue weighted by atomic mass is 32.2. The molecular formula is C30H31N3O5S. The second-order valence-electron chi connectivity index (χ2n) is 10.3. The molecule has 0 bridgehead atoms. The van der Waals surface area contributed by atoms with Crippen molar-refractivity contribution in [2.24, 2.45) is 11.8 Å². The van der Waals surface area contributed by atoms with Gasteiger partial charge in [-0.2, -0.15) is 0 Å². The van der Waals surface area contributed by atoms with Gasteiger partial charge < -0.3 is 25.5 Å². The van der Waals surface area contributed by atoms with E-state index in [1.54, 1.807) is 48.2 Å². The molecule has 2 unspecified atom stereocenters. The van der Waals surface area contributed by atoms with E-state index in [0.717, 1.165) is 21.2 Å². The molecule has 0 saturated heterocycles. The van der Waals surface area contributed by atoms with Gasteiger partial charge in [0.25, 0.3) is 5.91 Å². The van der Waals surface area contributed by atoms with Crippen molar-refractivity contribution < 1.29 is 23.9 Å². The zero-order valence-electron chi connectivity index (χ0n) is 21.7. The third-order valence-corrected chi connectivity index (χ3v) is 8.14. The van der Waals surface area contributed by atoms with Crippen LogP contribution < -0.4 is 16.0 Å². The van der Waals surface area contributed by atoms with Gasteiger partial charge in [-0.15, -0.1) is 0 Å². The topological polar surface area (TPSA) is 121 Å². The van der Waals surface area contributed by atoms with Gasteiger partial charge in [0.05, 0.1) is 29.5 Å². The van der Waals surface area contributed by atoms with Crippen LogP contribution in [0.25, 0.3) is 0 Å². The highest BCUT2D eigenvalue weighted by Crippen LogP contribution is 2.44. The summed E-state index contributed by atoms with van der Waals surface area (Å²) in [4.78, 5) is 41.0. The molecule has 39 heavy (non-hydrogen) atoms. The third kappa shape index (κ3) is 5.88. The normalized spacial score (nSPS) is 20.3. The van der Waals surface area contributed by atoms with Crippen molar-refractivity contribution >= 4 is 40.9 Å². The second kappa shape index (κ2) is 11.4. The molecule has 2 amide bonds. The second-order valence-corrected chi connectivity index (χ2v) is 11.4. The van der Waals surface area contributed by atoms with Crippen molar-refractivity contribution in [3.63, 3.8) is 0 Å². The zero-order chi connectivity index (χ0) is 27.5. The number of fused-ring (bicyclic) bond motifs is 2. The number of para-hydroxylation sites is 1. The lowest BCUT2D eigenvalue weighted by molar-refractivity contribution is -0.141. The van der Waals surface area contributed by atoms with Crippen LogP contribution in [0.3, 0.4) is 0 Å². The first-order chi connectivity index (χ1) is 18.8. The molecule has 4 atom stereocenters. The van der Waals surface area contributed by atoms with Crippen LogP contribution in [0.5, 0.6) is 0 Å². The van der Waals surface area contributed by atoms with Crippen LogP contribution in [0, 0.1) is 11.8 Å². The van der Waals surface area contributed by atoms with Gasteiger partial charge in [0.2, 0.25) is 5.91 Å². The first-order valence-corrected chi connectivity index (χ1v) is 13.8. The summed E-state index contributed by atoms with van der Waals surface area (Å²) in [6.07, 6.45) is 5.80. The van der Waals surface area contributed by atoms with E-state index in [9.17, 15) is 19.5 Å². The number of furan rings is 1. The minimum Gasteiger partial charge on any atom is -0.481 e. The lowest BCUT2D eigenvalue weighted by Crippen LogP contribution is -2.52. The quantitative estimate of drug-likeness (QED) is 0.214. The molecule has 8 nitrogen and oxygen atoms in total. The first-order valence-electron chi connectivity index (χ1n) is 13.0. The Kier molecular flexibility index (Phi) is 7.79. The Morgan fingerprint density at radius 2 is 1.87 bits per heavy atom. The molecule has 9 heteroatoms. The third-order valence-electron chi connectivity index (χ3n) is 6.99.